The van der Waals surface area contributed by atoms with Crippen LogP contribution in [-0.2, 0) is 0 Å². The molecule has 1 aromatic carbocycles. The Balaban J connectivity index is 1.52. The van der Waals surface area contributed by atoms with Crippen molar-refractivity contribution in [2.45, 2.75) is 42.2 Å². The van der Waals surface area contributed by atoms with Crippen molar-refractivity contribution < 1.29 is 9.26 Å². The van der Waals surface area contributed by atoms with Gasteiger partial charge in [0.1, 0.15) is 5.75 Å². The lowest BCUT2D eigenvalue weighted by Gasteiger charge is -2.22. The van der Waals surface area contributed by atoms with E-state index in [4.69, 9.17) is 15.0 Å². The highest BCUT2D eigenvalue weighted by atomic mass is 32.2. The van der Waals surface area contributed by atoms with Gasteiger partial charge in [0.05, 0.1) is 0 Å². The maximum absolute atomic E-state index is 5.98. The monoisotopic (exact) mass is 303 g/mol. The van der Waals surface area contributed by atoms with Gasteiger partial charge in [-0.1, -0.05) is 17.3 Å². The van der Waals surface area contributed by atoms with E-state index >= 15 is 0 Å². The second kappa shape index (κ2) is 5.35. The molecule has 2 heterocycles. The molecule has 2 aliphatic rings. The predicted molar refractivity (Wildman–Crippen MR) is 79.4 cm³/mol. The predicted octanol–water partition coefficient (Wildman–Crippen LogP) is 2.89. The smallest absolute Gasteiger partial charge is 0.229 e. The molecule has 0 bridgehead atoms. The Kier molecular flexibility index (Phi) is 3.35. The zero-order valence-electron chi connectivity index (χ0n) is 11.6. The second-order valence-corrected chi connectivity index (χ2v) is 6.69. The zero-order chi connectivity index (χ0) is 14.2. The molecule has 110 valence electrons. The van der Waals surface area contributed by atoms with Crippen LogP contribution in [0.2, 0.25) is 0 Å². The number of fused-ring (bicyclic) bond motifs is 1. The molecule has 0 amide bonds. The number of hydrogen-bond donors (Lipinski definition) is 1. The van der Waals surface area contributed by atoms with Gasteiger partial charge < -0.3 is 15.0 Å². The third kappa shape index (κ3) is 2.53. The summed E-state index contributed by atoms with van der Waals surface area (Å²) in [7, 11) is 0. The summed E-state index contributed by atoms with van der Waals surface area (Å²) in [5.74, 6) is 3.37. The molecule has 1 aromatic heterocycles. The van der Waals surface area contributed by atoms with Crippen LogP contribution < -0.4 is 10.5 Å². The third-order valence-corrected chi connectivity index (χ3v) is 5.19. The number of rotatable bonds is 2. The molecule has 6 heteroatoms. The minimum atomic E-state index is -0.141. The topological polar surface area (TPSA) is 74.2 Å². The first-order chi connectivity index (χ1) is 10.3. The quantitative estimate of drug-likeness (QED) is 0.919. The molecule has 1 saturated carbocycles. The van der Waals surface area contributed by atoms with E-state index in [1.54, 1.807) is 11.8 Å². The maximum Gasteiger partial charge on any atom is 0.229 e. The lowest BCUT2D eigenvalue weighted by atomic mass is 10.1. The van der Waals surface area contributed by atoms with E-state index in [1.165, 1.54) is 4.90 Å². The lowest BCUT2D eigenvalue weighted by molar-refractivity contribution is 0.205. The minimum absolute atomic E-state index is 0.141. The van der Waals surface area contributed by atoms with Crippen LogP contribution in [0.5, 0.6) is 5.75 Å². The Labute approximate surface area is 127 Å². The van der Waals surface area contributed by atoms with E-state index in [-0.39, 0.29) is 12.1 Å². The molecule has 0 spiro atoms. The van der Waals surface area contributed by atoms with Gasteiger partial charge in [0.2, 0.25) is 11.7 Å². The van der Waals surface area contributed by atoms with Gasteiger partial charge in [-0.2, -0.15) is 4.98 Å². The Morgan fingerprint density at radius 3 is 3.00 bits per heavy atom. The molecule has 5 nitrogen and oxygen atoms in total. The van der Waals surface area contributed by atoms with Gasteiger partial charge >= 0.3 is 0 Å². The Bertz CT molecular complexity index is 645. The average Bonchev–Trinajstić information content (AvgIpc) is 3.15. The van der Waals surface area contributed by atoms with Gasteiger partial charge in [0.25, 0.3) is 0 Å². The van der Waals surface area contributed by atoms with Crippen LogP contribution in [0.3, 0.4) is 0 Å². The van der Waals surface area contributed by atoms with Crippen LogP contribution in [0.25, 0.3) is 0 Å². The normalized spacial score (nSPS) is 28.1. The number of thioether (sulfide) groups is 1. The van der Waals surface area contributed by atoms with Crippen molar-refractivity contribution in [1.29, 1.82) is 0 Å². The molecule has 1 fully saturated rings. The number of nitrogens with two attached hydrogens (primary N) is 1. The standard InChI is InChI=1S/C15H17N3O2S/c16-10-6-5-9(7-10)15-17-14(18-20-15)12-8-21-13-4-2-1-3-11(13)19-12/h1-4,9-10,12H,5-8,16H2/t9-,10+,12?/m1/s1. The van der Waals surface area contributed by atoms with Gasteiger partial charge in [0.15, 0.2) is 6.10 Å². The number of aromatic nitrogens is 2. The highest BCUT2D eigenvalue weighted by Gasteiger charge is 2.31. The van der Waals surface area contributed by atoms with Crippen molar-refractivity contribution in [1.82, 2.24) is 10.1 Å². The summed E-state index contributed by atoms with van der Waals surface area (Å²) in [6.07, 6.45) is 2.86. The SMILES string of the molecule is N[C@H]1CC[C@@H](c2nc(C3CSc4ccccc4O3)no2)C1. The third-order valence-electron chi connectivity index (χ3n) is 4.08. The largest absolute Gasteiger partial charge is 0.480 e. The molecule has 1 aliphatic heterocycles. The minimum Gasteiger partial charge on any atom is -0.480 e. The maximum atomic E-state index is 5.98. The lowest BCUT2D eigenvalue weighted by Crippen LogP contribution is -2.16. The van der Waals surface area contributed by atoms with Crippen molar-refractivity contribution in [2.24, 2.45) is 5.73 Å². The molecule has 3 atom stereocenters. The molecule has 2 aromatic rings. The number of nitrogens with zero attached hydrogens (tertiary/aromatic N) is 2. The van der Waals surface area contributed by atoms with Crippen molar-refractivity contribution >= 4 is 11.8 Å². The first-order valence-electron chi connectivity index (χ1n) is 7.27. The summed E-state index contributed by atoms with van der Waals surface area (Å²) in [6, 6.07) is 8.30. The van der Waals surface area contributed by atoms with E-state index in [2.05, 4.69) is 16.2 Å². The van der Waals surface area contributed by atoms with Crippen LogP contribution in [0.15, 0.2) is 33.7 Å². The number of benzene rings is 1. The van der Waals surface area contributed by atoms with E-state index in [0.717, 1.165) is 30.8 Å². The zero-order valence-corrected chi connectivity index (χ0v) is 12.4. The Morgan fingerprint density at radius 2 is 2.14 bits per heavy atom. The van der Waals surface area contributed by atoms with Gasteiger partial charge in [-0.25, -0.2) is 0 Å². The number of ether oxygens (including phenoxy) is 1. The van der Waals surface area contributed by atoms with Crippen LogP contribution in [0.1, 0.15) is 43.0 Å². The van der Waals surface area contributed by atoms with Gasteiger partial charge in [-0.05, 0) is 31.4 Å². The fraction of sp³-hybridized carbons (Fsp3) is 0.467. The molecule has 1 aliphatic carbocycles. The number of para-hydroxylation sites is 1. The van der Waals surface area contributed by atoms with Crippen molar-refractivity contribution in [3.63, 3.8) is 0 Å². The van der Waals surface area contributed by atoms with E-state index < -0.39 is 0 Å². The molecular weight excluding hydrogens is 286 g/mol. The second-order valence-electron chi connectivity index (χ2n) is 5.63. The summed E-state index contributed by atoms with van der Waals surface area (Å²) >= 11 is 1.77. The van der Waals surface area contributed by atoms with E-state index in [0.29, 0.717) is 17.6 Å². The molecule has 21 heavy (non-hydrogen) atoms. The Hall–Kier alpha value is -1.53. The van der Waals surface area contributed by atoms with Crippen LogP contribution in [-0.4, -0.2) is 21.9 Å². The molecule has 0 saturated heterocycles. The molecular formula is C15H17N3O2S. The molecule has 1 unspecified atom stereocenters. The molecule has 4 rings (SSSR count). The summed E-state index contributed by atoms with van der Waals surface area (Å²) in [5.41, 5.74) is 5.95. The van der Waals surface area contributed by atoms with Crippen LogP contribution >= 0.6 is 11.8 Å². The average molecular weight is 303 g/mol. The van der Waals surface area contributed by atoms with Gasteiger partial charge in [-0.15, -0.1) is 11.8 Å². The Morgan fingerprint density at radius 1 is 1.24 bits per heavy atom. The van der Waals surface area contributed by atoms with Crippen molar-refractivity contribution in [3.8, 4) is 5.75 Å². The highest BCUT2D eigenvalue weighted by Crippen LogP contribution is 2.40. The highest BCUT2D eigenvalue weighted by molar-refractivity contribution is 7.99. The fourth-order valence-electron chi connectivity index (χ4n) is 2.93. The summed E-state index contributed by atoms with van der Waals surface area (Å²) in [5, 5.41) is 4.12. The number of hydrogen-bond acceptors (Lipinski definition) is 6. The van der Waals surface area contributed by atoms with Crippen molar-refractivity contribution in [2.75, 3.05) is 5.75 Å². The van der Waals surface area contributed by atoms with E-state index in [1.807, 2.05) is 18.2 Å². The van der Waals surface area contributed by atoms with Gasteiger partial charge in [-0.3, -0.25) is 0 Å². The first kappa shape index (κ1) is 13.2. The summed E-state index contributed by atoms with van der Waals surface area (Å²) in [6.45, 7) is 0. The fourth-order valence-corrected chi connectivity index (χ4v) is 3.91. The van der Waals surface area contributed by atoms with Crippen LogP contribution in [0, 0.1) is 0 Å². The van der Waals surface area contributed by atoms with E-state index in [9.17, 15) is 0 Å². The van der Waals surface area contributed by atoms with Crippen molar-refractivity contribution in [3.05, 3.63) is 36.0 Å². The summed E-state index contributed by atoms with van der Waals surface area (Å²) in [4.78, 5) is 5.72. The first-order valence-corrected chi connectivity index (χ1v) is 8.26. The summed E-state index contributed by atoms with van der Waals surface area (Å²) < 4.78 is 11.4. The molecule has 0 radical (unpaired) electrons. The molecule has 2 N–H and O–H groups in total. The van der Waals surface area contributed by atoms with Gasteiger partial charge in [0, 0.05) is 22.6 Å². The van der Waals surface area contributed by atoms with Crippen LogP contribution in [0.4, 0.5) is 0 Å².